The quantitative estimate of drug-likeness (QED) is 0.834. The van der Waals surface area contributed by atoms with Crippen molar-refractivity contribution in [3.63, 3.8) is 0 Å². The van der Waals surface area contributed by atoms with Gasteiger partial charge in [-0.15, -0.1) is 11.3 Å². The minimum absolute atomic E-state index is 0.0783. The summed E-state index contributed by atoms with van der Waals surface area (Å²) in [6, 6.07) is 6.67. The molecule has 4 nitrogen and oxygen atoms in total. The fourth-order valence-corrected chi connectivity index (χ4v) is 4.13. The molecule has 0 radical (unpaired) electrons. The number of nitrogen functional groups attached to an aromatic ring is 1. The first kappa shape index (κ1) is 15.0. The summed E-state index contributed by atoms with van der Waals surface area (Å²) in [5.74, 6) is -0.672. The van der Waals surface area contributed by atoms with Crippen LogP contribution in [0.2, 0.25) is 0 Å². The molecule has 0 aliphatic heterocycles. The normalized spacial score (nSPS) is 13.3. The van der Waals surface area contributed by atoms with Crippen molar-refractivity contribution in [3.05, 3.63) is 46.4 Å². The summed E-state index contributed by atoms with van der Waals surface area (Å²) >= 11 is 1.47. The van der Waals surface area contributed by atoms with E-state index in [2.05, 4.69) is 4.72 Å². The lowest BCUT2D eigenvalue weighted by Gasteiger charge is -2.16. The predicted octanol–water partition coefficient (Wildman–Crippen LogP) is 2.90. The van der Waals surface area contributed by atoms with Gasteiger partial charge in [-0.1, -0.05) is 13.0 Å². The lowest BCUT2D eigenvalue weighted by atomic mass is 10.2. The average molecular weight is 314 g/mol. The van der Waals surface area contributed by atoms with Gasteiger partial charge in [0.15, 0.2) is 0 Å². The van der Waals surface area contributed by atoms with E-state index in [9.17, 15) is 12.8 Å². The number of anilines is 1. The number of hydrogen-bond donors (Lipinski definition) is 2. The number of rotatable bonds is 5. The van der Waals surface area contributed by atoms with Gasteiger partial charge in [-0.25, -0.2) is 17.5 Å². The zero-order valence-electron chi connectivity index (χ0n) is 10.8. The molecule has 0 aliphatic carbocycles. The average Bonchev–Trinajstić information content (AvgIpc) is 2.88. The monoisotopic (exact) mass is 314 g/mol. The highest BCUT2D eigenvalue weighted by molar-refractivity contribution is 7.89. The fourth-order valence-electron chi connectivity index (χ4n) is 1.83. The molecule has 1 aromatic carbocycles. The van der Waals surface area contributed by atoms with E-state index in [1.54, 1.807) is 0 Å². The Balaban J connectivity index is 2.30. The molecule has 2 aromatic rings. The molecule has 2 rings (SSSR count). The maximum Gasteiger partial charge on any atom is 0.241 e. The Bertz CT molecular complexity index is 664. The maximum atomic E-state index is 13.3. The highest BCUT2D eigenvalue weighted by Gasteiger charge is 2.21. The molecular formula is C13H15FN2O2S2. The van der Waals surface area contributed by atoms with Gasteiger partial charge in [-0.05, 0) is 36.1 Å². The molecule has 0 amide bonds. The van der Waals surface area contributed by atoms with Crippen molar-refractivity contribution in [2.45, 2.75) is 24.3 Å². The molecule has 0 saturated heterocycles. The molecular weight excluding hydrogens is 299 g/mol. The van der Waals surface area contributed by atoms with Gasteiger partial charge in [0.25, 0.3) is 0 Å². The number of nitrogens with two attached hydrogens (primary N) is 1. The van der Waals surface area contributed by atoms with Crippen molar-refractivity contribution in [2.24, 2.45) is 0 Å². The van der Waals surface area contributed by atoms with Gasteiger partial charge in [0.2, 0.25) is 10.0 Å². The molecule has 1 unspecified atom stereocenters. The summed E-state index contributed by atoms with van der Waals surface area (Å²) in [6.07, 6.45) is 0.602. The topological polar surface area (TPSA) is 72.2 Å². The predicted molar refractivity (Wildman–Crippen MR) is 78.5 cm³/mol. The van der Waals surface area contributed by atoms with Crippen LogP contribution in [-0.4, -0.2) is 8.42 Å². The van der Waals surface area contributed by atoms with Crippen molar-refractivity contribution in [1.29, 1.82) is 0 Å². The molecule has 0 aliphatic rings. The number of sulfonamides is 1. The molecule has 3 N–H and O–H groups in total. The van der Waals surface area contributed by atoms with Gasteiger partial charge in [0.05, 0.1) is 10.9 Å². The minimum atomic E-state index is -3.81. The van der Waals surface area contributed by atoms with Gasteiger partial charge in [0, 0.05) is 10.6 Å². The SMILES string of the molecule is CCC(NS(=O)(=O)c1cc(N)cc(F)c1)c1cccs1. The molecule has 0 saturated carbocycles. The molecule has 20 heavy (non-hydrogen) atoms. The van der Waals surface area contributed by atoms with Crippen LogP contribution in [0.1, 0.15) is 24.3 Å². The molecule has 1 aromatic heterocycles. The summed E-state index contributed by atoms with van der Waals surface area (Å²) in [5, 5.41) is 1.88. The Labute approximate surface area is 121 Å². The Morgan fingerprint density at radius 1 is 1.40 bits per heavy atom. The lowest BCUT2D eigenvalue weighted by Crippen LogP contribution is -2.28. The Morgan fingerprint density at radius 3 is 2.70 bits per heavy atom. The molecule has 108 valence electrons. The van der Waals surface area contributed by atoms with E-state index in [4.69, 9.17) is 5.73 Å². The minimum Gasteiger partial charge on any atom is -0.399 e. The Morgan fingerprint density at radius 2 is 2.15 bits per heavy atom. The van der Waals surface area contributed by atoms with Crippen molar-refractivity contribution >= 4 is 27.0 Å². The first-order valence-electron chi connectivity index (χ1n) is 6.04. The third-order valence-electron chi connectivity index (χ3n) is 2.80. The summed E-state index contributed by atoms with van der Waals surface area (Å²) in [7, 11) is -3.81. The van der Waals surface area contributed by atoms with Crippen molar-refractivity contribution < 1.29 is 12.8 Å². The molecule has 0 spiro atoms. The first-order chi connectivity index (χ1) is 9.42. The summed E-state index contributed by atoms with van der Waals surface area (Å²) in [6.45, 7) is 1.88. The van der Waals surface area contributed by atoms with E-state index in [-0.39, 0.29) is 16.6 Å². The van der Waals surface area contributed by atoms with E-state index in [0.717, 1.165) is 17.0 Å². The number of nitrogens with one attached hydrogen (secondary N) is 1. The van der Waals surface area contributed by atoms with Crippen LogP contribution in [0.5, 0.6) is 0 Å². The van der Waals surface area contributed by atoms with Crippen LogP contribution in [0.25, 0.3) is 0 Å². The Hall–Kier alpha value is -1.44. The van der Waals surface area contributed by atoms with Gasteiger partial charge in [-0.3, -0.25) is 0 Å². The Kier molecular flexibility index (Phi) is 4.42. The fraction of sp³-hybridized carbons (Fsp3) is 0.231. The molecule has 0 fully saturated rings. The van der Waals surface area contributed by atoms with Crippen LogP contribution in [0.3, 0.4) is 0 Å². The lowest BCUT2D eigenvalue weighted by molar-refractivity contribution is 0.551. The van der Waals surface area contributed by atoms with E-state index in [0.29, 0.717) is 6.42 Å². The summed E-state index contributed by atoms with van der Waals surface area (Å²) in [5.41, 5.74) is 5.56. The number of benzene rings is 1. The summed E-state index contributed by atoms with van der Waals surface area (Å²) < 4.78 is 40.4. The third kappa shape index (κ3) is 3.36. The highest BCUT2D eigenvalue weighted by atomic mass is 32.2. The van der Waals surface area contributed by atoms with E-state index < -0.39 is 15.8 Å². The summed E-state index contributed by atoms with van der Waals surface area (Å²) in [4.78, 5) is 0.755. The van der Waals surface area contributed by atoms with E-state index >= 15 is 0 Å². The molecule has 1 heterocycles. The van der Waals surface area contributed by atoms with Crippen LogP contribution >= 0.6 is 11.3 Å². The van der Waals surface area contributed by atoms with Gasteiger partial charge in [0.1, 0.15) is 5.82 Å². The van der Waals surface area contributed by atoms with E-state index in [1.807, 2.05) is 24.4 Å². The first-order valence-corrected chi connectivity index (χ1v) is 8.40. The van der Waals surface area contributed by atoms with Crippen LogP contribution in [0.15, 0.2) is 40.6 Å². The van der Waals surface area contributed by atoms with Gasteiger partial charge in [-0.2, -0.15) is 0 Å². The zero-order chi connectivity index (χ0) is 14.8. The van der Waals surface area contributed by atoms with Crippen molar-refractivity contribution in [3.8, 4) is 0 Å². The van der Waals surface area contributed by atoms with Crippen LogP contribution in [0, 0.1) is 5.82 Å². The third-order valence-corrected chi connectivity index (χ3v) is 5.23. The van der Waals surface area contributed by atoms with Crippen molar-refractivity contribution in [2.75, 3.05) is 5.73 Å². The molecule has 1 atom stereocenters. The second kappa shape index (κ2) is 5.90. The smallest absolute Gasteiger partial charge is 0.241 e. The van der Waals surface area contributed by atoms with Crippen LogP contribution in [-0.2, 0) is 10.0 Å². The second-order valence-electron chi connectivity index (χ2n) is 4.32. The van der Waals surface area contributed by atoms with Crippen LogP contribution < -0.4 is 10.5 Å². The van der Waals surface area contributed by atoms with Gasteiger partial charge >= 0.3 is 0 Å². The van der Waals surface area contributed by atoms with Gasteiger partial charge < -0.3 is 5.73 Å². The number of hydrogen-bond acceptors (Lipinski definition) is 4. The molecule has 7 heteroatoms. The largest absolute Gasteiger partial charge is 0.399 e. The standard InChI is InChI=1S/C13H15FN2O2S2/c1-2-12(13-4-3-5-19-13)16-20(17,18)11-7-9(14)6-10(15)8-11/h3-8,12,16H,2,15H2,1H3. The maximum absolute atomic E-state index is 13.3. The molecule has 0 bridgehead atoms. The van der Waals surface area contributed by atoms with Crippen LogP contribution in [0.4, 0.5) is 10.1 Å². The highest BCUT2D eigenvalue weighted by Crippen LogP contribution is 2.25. The second-order valence-corrected chi connectivity index (χ2v) is 7.01. The number of thiophene rings is 1. The van der Waals surface area contributed by atoms with E-state index in [1.165, 1.54) is 17.4 Å². The zero-order valence-corrected chi connectivity index (χ0v) is 12.5. The number of halogens is 1. The van der Waals surface area contributed by atoms with Crippen molar-refractivity contribution in [1.82, 2.24) is 4.72 Å².